The molecular weight excluding hydrogens is 244 g/mol. The van der Waals surface area contributed by atoms with Gasteiger partial charge in [-0.1, -0.05) is 0 Å². The molecule has 0 unspecified atom stereocenters. The van der Waals surface area contributed by atoms with E-state index in [0.29, 0.717) is 18.3 Å². The van der Waals surface area contributed by atoms with Crippen LogP contribution in [0, 0.1) is 0 Å². The number of aromatic nitrogens is 3. The van der Waals surface area contributed by atoms with Crippen molar-refractivity contribution in [1.29, 1.82) is 0 Å². The standard InChI is InChI=1S/C13H16N4O2/c1-14-11-6-10(16-12(17-11)8-18-2)9-4-5-13(19-3)15-7-9/h4-7H,8H2,1-3H3,(H,14,16,17). The van der Waals surface area contributed by atoms with Gasteiger partial charge in [0.15, 0.2) is 5.82 Å². The molecule has 2 heterocycles. The van der Waals surface area contributed by atoms with E-state index in [0.717, 1.165) is 17.1 Å². The third-order valence-electron chi connectivity index (χ3n) is 2.54. The third-order valence-corrected chi connectivity index (χ3v) is 2.54. The molecule has 1 N–H and O–H groups in total. The van der Waals surface area contributed by atoms with Crippen molar-refractivity contribution >= 4 is 5.82 Å². The smallest absolute Gasteiger partial charge is 0.212 e. The summed E-state index contributed by atoms with van der Waals surface area (Å²) in [4.78, 5) is 12.9. The Balaban J connectivity index is 2.38. The predicted molar refractivity (Wildman–Crippen MR) is 72.1 cm³/mol. The van der Waals surface area contributed by atoms with Gasteiger partial charge in [-0.15, -0.1) is 0 Å². The minimum Gasteiger partial charge on any atom is -0.481 e. The Labute approximate surface area is 111 Å². The average molecular weight is 260 g/mol. The summed E-state index contributed by atoms with van der Waals surface area (Å²) >= 11 is 0. The van der Waals surface area contributed by atoms with Crippen LogP contribution in [0.25, 0.3) is 11.3 Å². The van der Waals surface area contributed by atoms with Gasteiger partial charge in [0.25, 0.3) is 0 Å². The zero-order valence-corrected chi connectivity index (χ0v) is 11.2. The second-order valence-electron chi connectivity index (χ2n) is 3.83. The van der Waals surface area contributed by atoms with Crippen LogP contribution in [-0.4, -0.2) is 36.2 Å². The number of hydrogen-bond donors (Lipinski definition) is 1. The van der Waals surface area contributed by atoms with Crippen molar-refractivity contribution in [3.05, 3.63) is 30.2 Å². The van der Waals surface area contributed by atoms with Crippen LogP contribution in [0.4, 0.5) is 5.82 Å². The summed E-state index contributed by atoms with van der Waals surface area (Å²) in [5.74, 6) is 1.94. The summed E-state index contributed by atoms with van der Waals surface area (Å²) in [6.07, 6.45) is 1.72. The molecule has 0 aromatic carbocycles. The molecule has 0 aliphatic heterocycles. The molecule has 0 bridgehead atoms. The number of methoxy groups -OCH3 is 2. The first-order valence-electron chi connectivity index (χ1n) is 5.82. The number of anilines is 1. The summed E-state index contributed by atoms with van der Waals surface area (Å²) in [5.41, 5.74) is 1.69. The van der Waals surface area contributed by atoms with E-state index in [9.17, 15) is 0 Å². The van der Waals surface area contributed by atoms with E-state index in [-0.39, 0.29) is 0 Å². The zero-order valence-electron chi connectivity index (χ0n) is 11.2. The zero-order chi connectivity index (χ0) is 13.7. The molecule has 0 atom stereocenters. The topological polar surface area (TPSA) is 69.2 Å². The monoisotopic (exact) mass is 260 g/mol. The minimum atomic E-state index is 0.367. The Morgan fingerprint density at radius 3 is 2.63 bits per heavy atom. The summed E-state index contributed by atoms with van der Waals surface area (Å²) in [7, 11) is 5.02. The van der Waals surface area contributed by atoms with Gasteiger partial charge in [-0.05, 0) is 6.07 Å². The van der Waals surface area contributed by atoms with E-state index in [1.165, 1.54) is 0 Å². The maximum absolute atomic E-state index is 5.07. The minimum absolute atomic E-state index is 0.367. The molecule has 0 fully saturated rings. The molecular formula is C13H16N4O2. The van der Waals surface area contributed by atoms with E-state index in [1.54, 1.807) is 26.5 Å². The van der Waals surface area contributed by atoms with Crippen LogP contribution in [0.2, 0.25) is 0 Å². The quantitative estimate of drug-likeness (QED) is 0.883. The molecule has 2 aromatic heterocycles. The first-order valence-corrected chi connectivity index (χ1v) is 5.82. The number of nitrogens with zero attached hydrogens (tertiary/aromatic N) is 3. The van der Waals surface area contributed by atoms with Crippen molar-refractivity contribution in [3.63, 3.8) is 0 Å². The van der Waals surface area contributed by atoms with E-state index in [4.69, 9.17) is 9.47 Å². The highest BCUT2D eigenvalue weighted by atomic mass is 16.5. The molecule has 6 nitrogen and oxygen atoms in total. The lowest BCUT2D eigenvalue weighted by molar-refractivity contribution is 0.178. The Hall–Kier alpha value is -2.21. The van der Waals surface area contributed by atoms with E-state index >= 15 is 0 Å². The van der Waals surface area contributed by atoms with Crippen LogP contribution < -0.4 is 10.1 Å². The Morgan fingerprint density at radius 2 is 2.05 bits per heavy atom. The lowest BCUT2D eigenvalue weighted by Gasteiger charge is -2.07. The largest absolute Gasteiger partial charge is 0.481 e. The number of nitrogens with one attached hydrogen (secondary N) is 1. The van der Waals surface area contributed by atoms with Crippen molar-refractivity contribution in [3.8, 4) is 17.1 Å². The highest BCUT2D eigenvalue weighted by molar-refractivity contribution is 5.61. The fraction of sp³-hybridized carbons (Fsp3) is 0.308. The molecule has 0 radical (unpaired) electrons. The van der Waals surface area contributed by atoms with Crippen LogP contribution in [0.5, 0.6) is 5.88 Å². The van der Waals surface area contributed by atoms with E-state index in [1.807, 2.05) is 19.2 Å². The molecule has 2 rings (SSSR count). The lowest BCUT2D eigenvalue weighted by atomic mass is 10.2. The van der Waals surface area contributed by atoms with Gasteiger partial charge in [-0.25, -0.2) is 15.0 Å². The number of rotatable bonds is 5. The maximum atomic E-state index is 5.07. The second kappa shape index (κ2) is 6.10. The maximum Gasteiger partial charge on any atom is 0.212 e. The fourth-order valence-corrected chi connectivity index (χ4v) is 1.62. The van der Waals surface area contributed by atoms with Crippen molar-refractivity contribution in [2.45, 2.75) is 6.61 Å². The fourth-order valence-electron chi connectivity index (χ4n) is 1.62. The number of ether oxygens (including phenoxy) is 2. The van der Waals surface area contributed by atoms with Crippen molar-refractivity contribution in [1.82, 2.24) is 15.0 Å². The second-order valence-corrected chi connectivity index (χ2v) is 3.83. The average Bonchev–Trinajstić information content (AvgIpc) is 2.47. The first-order chi connectivity index (χ1) is 9.26. The number of hydrogen-bond acceptors (Lipinski definition) is 6. The van der Waals surface area contributed by atoms with Gasteiger partial charge in [0, 0.05) is 38.1 Å². The molecule has 0 spiro atoms. The van der Waals surface area contributed by atoms with Crippen LogP contribution in [0.1, 0.15) is 5.82 Å². The predicted octanol–water partition coefficient (Wildman–Crippen LogP) is 1.74. The molecule has 0 aliphatic carbocycles. The highest BCUT2D eigenvalue weighted by Crippen LogP contribution is 2.20. The number of pyridine rings is 1. The van der Waals surface area contributed by atoms with Gasteiger partial charge in [-0.2, -0.15) is 0 Å². The lowest BCUT2D eigenvalue weighted by Crippen LogP contribution is -2.03. The van der Waals surface area contributed by atoms with Crippen LogP contribution >= 0.6 is 0 Å². The Bertz CT molecular complexity index is 543. The van der Waals surface area contributed by atoms with Crippen molar-refractivity contribution in [2.75, 3.05) is 26.6 Å². The van der Waals surface area contributed by atoms with Gasteiger partial charge in [0.05, 0.1) is 12.8 Å². The summed E-state index contributed by atoms with van der Waals surface area (Å²) in [6.45, 7) is 0.367. The van der Waals surface area contributed by atoms with Crippen LogP contribution in [0.3, 0.4) is 0 Å². The third kappa shape index (κ3) is 3.17. The molecule has 19 heavy (non-hydrogen) atoms. The molecule has 0 aliphatic rings. The molecule has 100 valence electrons. The molecule has 2 aromatic rings. The van der Waals surface area contributed by atoms with Gasteiger partial charge in [-0.3, -0.25) is 0 Å². The Morgan fingerprint density at radius 1 is 1.21 bits per heavy atom. The summed E-state index contributed by atoms with van der Waals surface area (Å²) in [6, 6.07) is 5.57. The van der Waals surface area contributed by atoms with Crippen molar-refractivity contribution < 1.29 is 9.47 Å². The van der Waals surface area contributed by atoms with E-state index in [2.05, 4.69) is 20.3 Å². The van der Waals surface area contributed by atoms with Crippen LogP contribution in [-0.2, 0) is 11.3 Å². The first kappa shape index (κ1) is 13.2. The van der Waals surface area contributed by atoms with Gasteiger partial charge >= 0.3 is 0 Å². The molecule has 0 saturated heterocycles. The molecule has 0 saturated carbocycles. The SMILES string of the molecule is CNc1cc(-c2ccc(OC)nc2)nc(COC)n1. The highest BCUT2D eigenvalue weighted by Gasteiger charge is 2.06. The Kier molecular flexibility index (Phi) is 4.25. The summed E-state index contributed by atoms with van der Waals surface area (Å²) in [5, 5.41) is 3.01. The van der Waals surface area contributed by atoms with E-state index < -0.39 is 0 Å². The van der Waals surface area contributed by atoms with Gasteiger partial charge in [0.1, 0.15) is 12.4 Å². The van der Waals surface area contributed by atoms with Gasteiger partial charge < -0.3 is 14.8 Å². The normalized spacial score (nSPS) is 10.3. The van der Waals surface area contributed by atoms with Crippen molar-refractivity contribution in [2.24, 2.45) is 0 Å². The summed E-state index contributed by atoms with van der Waals surface area (Å²) < 4.78 is 10.1. The molecule has 6 heteroatoms. The van der Waals surface area contributed by atoms with Gasteiger partial charge in [0.2, 0.25) is 5.88 Å². The van der Waals surface area contributed by atoms with Crippen LogP contribution in [0.15, 0.2) is 24.4 Å². The molecule has 0 amide bonds.